The Hall–Kier alpha value is -1.24. The van der Waals surface area contributed by atoms with E-state index in [9.17, 15) is 0 Å². The van der Waals surface area contributed by atoms with E-state index in [1.165, 1.54) is 0 Å². The average molecular weight is 253 g/mol. The summed E-state index contributed by atoms with van der Waals surface area (Å²) >= 11 is 5.89. The highest BCUT2D eigenvalue weighted by Gasteiger charge is 2.07. The average Bonchev–Trinajstić information content (AvgIpc) is 2.34. The SMILES string of the molecule is CCC(CCO)CNc1cc(Cl)ccc1C#N. The highest BCUT2D eigenvalue weighted by atomic mass is 35.5. The largest absolute Gasteiger partial charge is 0.396 e. The molecule has 2 N–H and O–H groups in total. The van der Waals surface area contributed by atoms with Gasteiger partial charge in [0.05, 0.1) is 11.3 Å². The molecule has 4 heteroatoms. The Labute approximate surface area is 107 Å². The third kappa shape index (κ3) is 4.26. The van der Waals surface area contributed by atoms with Crippen LogP contribution in [0.1, 0.15) is 25.3 Å². The Morgan fingerprint density at radius 2 is 2.29 bits per heavy atom. The smallest absolute Gasteiger partial charge is 0.101 e. The van der Waals surface area contributed by atoms with Crippen LogP contribution in [-0.2, 0) is 0 Å². The number of aliphatic hydroxyl groups is 1. The van der Waals surface area contributed by atoms with Gasteiger partial charge in [-0.1, -0.05) is 24.9 Å². The van der Waals surface area contributed by atoms with Crippen molar-refractivity contribution in [3.63, 3.8) is 0 Å². The minimum Gasteiger partial charge on any atom is -0.396 e. The van der Waals surface area contributed by atoms with Crippen molar-refractivity contribution < 1.29 is 5.11 Å². The second kappa shape index (κ2) is 7.16. The Morgan fingerprint density at radius 3 is 2.88 bits per heavy atom. The van der Waals surface area contributed by atoms with Crippen molar-refractivity contribution in [1.29, 1.82) is 5.26 Å². The first-order valence-electron chi connectivity index (χ1n) is 5.75. The zero-order valence-electron chi connectivity index (χ0n) is 9.91. The van der Waals surface area contributed by atoms with Crippen LogP contribution in [0.3, 0.4) is 0 Å². The van der Waals surface area contributed by atoms with Crippen molar-refractivity contribution in [3.05, 3.63) is 28.8 Å². The van der Waals surface area contributed by atoms with Crippen LogP contribution in [0, 0.1) is 17.2 Å². The van der Waals surface area contributed by atoms with Gasteiger partial charge < -0.3 is 10.4 Å². The molecule has 0 heterocycles. The minimum absolute atomic E-state index is 0.195. The van der Waals surface area contributed by atoms with E-state index in [0.29, 0.717) is 16.5 Å². The fraction of sp³-hybridized carbons (Fsp3) is 0.462. The molecule has 0 aliphatic heterocycles. The monoisotopic (exact) mass is 252 g/mol. The number of benzene rings is 1. The van der Waals surface area contributed by atoms with Crippen LogP contribution >= 0.6 is 11.6 Å². The number of nitrogens with zero attached hydrogens (tertiary/aromatic N) is 1. The van der Waals surface area contributed by atoms with Gasteiger partial charge in [-0.05, 0) is 30.5 Å². The number of anilines is 1. The molecule has 92 valence electrons. The summed E-state index contributed by atoms with van der Waals surface area (Å²) < 4.78 is 0. The third-order valence-corrected chi connectivity index (χ3v) is 3.03. The summed E-state index contributed by atoms with van der Waals surface area (Å²) in [5.41, 5.74) is 1.35. The van der Waals surface area contributed by atoms with Crippen LogP contribution in [0.5, 0.6) is 0 Å². The van der Waals surface area contributed by atoms with Gasteiger partial charge in [0.2, 0.25) is 0 Å². The second-order valence-electron chi connectivity index (χ2n) is 3.97. The molecule has 1 rings (SSSR count). The van der Waals surface area contributed by atoms with E-state index >= 15 is 0 Å². The molecule has 0 radical (unpaired) electrons. The predicted molar refractivity (Wildman–Crippen MR) is 70.1 cm³/mol. The van der Waals surface area contributed by atoms with E-state index in [-0.39, 0.29) is 6.61 Å². The zero-order valence-corrected chi connectivity index (χ0v) is 10.7. The van der Waals surface area contributed by atoms with Gasteiger partial charge in [0.15, 0.2) is 0 Å². The third-order valence-electron chi connectivity index (χ3n) is 2.80. The number of hydrogen-bond donors (Lipinski definition) is 2. The molecule has 0 saturated heterocycles. The van der Waals surface area contributed by atoms with Crippen LogP contribution in [0.15, 0.2) is 18.2 Å². The number of halogens is 1. The lowest BCUT2D eigenvalue weighted by Crippen LogP contribution is -2.15. The maximum atomic E-state index is 8.96. The first-order valence-corrected chi connectivity index (χ1v) is 6.13. The lowest BCUT2D eigenvalue weighted by atomic mass is 10.0. The summed E-state index contributed by atoms with van der Waals surface area (Å²) in [4.78, 5) is 0. The van der Waals surface area contributed by atoms with Crippen molar-refractivity contribution in [2.75, 3.05) is 18.5 Å². The quantitative estimate of drug-likeness (QED) is 0.818. The fourth-order valence-electron chi connectivity index (χ4n) is 1.65. The Bertz CT molecular complexity index is 401. The van der Waals surface area contributed by atoms with Crippen LogP contribution in [0.25, 0.3) is 0 Å². The number of rotatable bonds is 6. The summed E-state index contributed by atoms with van der Waals surface area (Å²) in [7, 11) is 0. The summed E-state index contributed by atoms with van der Waals surface area (Å²) in [6.45, 7) is 3.03. The number of hydrogen-bond acceptors (Lipinski definition) is 3. The molecule has 0 saturated carbocycles. The maximum Gasteiger partial charge on any atom is 0.101 e. The number of nitriles is 1. The summed E-state index contributed by atoms with van der Waals surface area (Å²) in [6, 6.07) is 7.29. The molecule has 0 aliphatic carbocycles. The Balaban J connectivity index is 2.68. The Kier molecular flexibility index (Phi) is 5.82. The molecule has 1 aromatic rings. The fourth-order valence-corrected chi connectivity index (χ4v) is 1.82. The van der Waals surface area contributed by atoms with Gasteiger partial charge in [-0.25, -0.2) is 0 Å². The molecule has 0 spiro atoms. The van der Waals surface area contributed by atoms with Crippen LogP contribution < -0.4 is 5.32 Å². The molecule has 3 nitrogen and oxygen atoms in total. The summed E-state index contributed by atoms with van der Waals surface area (Å²) in [5.74, 6) is 0.408. The van der Waals surface area contributed by atoms with Crippen molar-refractivity contribution in [3.8, 4) is 6.07 Å². The van der Waals surface area contributed by atoms with E-state index in [4.69, 9.17) is 22.0 Å². The van der Waals surface area contributed by atoms with Crippen molar-refractivity contribution in [2.45, 2.75) is 19.8 Å². The normalized spacial score (nSPS) is 11.9. The maximum absolute atomic E-state index is 8.96. The van der Waals surface area contributed by atoms with E-state index < -0.39 is 0 Å². The van der Waals surface area contributed by atoms with Gasteiger partial charge in [-0.2, -0.15) is 5.26 Å². The standard InChI is InChI=1S/C13H17ClN2O/c1-2-10(5-6-17)9-16-13-7-12(14)4-3-11(13)8-15/h3-4,7,10,16-17H,2,5-6,9H2,1H3. The minimum atomic E-state index is 0.195. The van der Waals surface area contributed by atoms with E-state index in [1.807, 2.05) is 0 Å². The molecule has 0 aromatic heterocycles. The zero-order chi connectivity index (χ0) is 12.7. The number of nitrogens with one attached hydrogen (secondary N) is 1. The molecule has 0 aliphatic rings. The second-order valence-corrected chi connectivity index (χ2v) is 4.41. The molecule has 17 heavy (non-hydrogen) atoms. The summed E-state index contributed by atoms with van der Waals surface area (Å²) in [6.07, 6.45) is 1.77. The number of aliphatic hydroxyl groups excluding tert-OH is 1. The summed E-state index contributed by atoms with van der Waals surface area (Å²) in [5, 5.41) is 21.7. The van der Waals surface area contributed by atoms with Crippen LogP contribution in [-0.4, -0.2) is 18.3 Å². The van der Waals surface area contributed by atoms with Gasteiger partial charge in [0, 0.05) is 18.2 Å². The highest BCUT2D eigenvalue weighted by molar-refractivity contribution is 6.30. The molecule has 0 bridgehead atoms. The van der Waals surface area contributed by atoms with Crippen molar-refractivity contribution in [1.82, 2.24) is 0 Å². The highest BCUT2D eigenvalue weighted by Crippen LogP contribution is 2.21. The first-order chi connectivity index (χ1) is 8.21. The van der Waals surface area contributed by atoms with Gasteiger partial charge in [-0.15, -0.1) is 0 Å². The molecular formula is C13H17ClN2O. The molecule has 1 unspecified atom stereocenters. The van der Waals surface area contributed by atoms with Crippen molar-refractivity contribution in [2.24, 2.45) is 5.92 Å². The van der Waals surface area contributed by atoms with Gasteiger partial charge in [0.1, 0.15) is 6.07 Å². The van der Waals surface area contributed by atoms with E-state index in [2.05, 4.69) is 18.3 Å². The molecule has 0 fully saturated rings. The van der Waals surface area contributed by atoms with Crippen LogP contribution in [0.4, 0.5) is 5.69 Å². The molecule has 1 atom stereocenters. The lowest BCUT2D eigenvalue weighted by Gasteiger charge is -2.16. The van der Waals surface area contributed by atoms with Crippen molar-refractivity contribution >= 4 is 17.3 Å². The van der Waals surface area contributed by atoms with Crippen LogP contribution in [0.2, 0.25) is 5.02 Å². The van der Waals surface area contributed by atoms with Gasteiger partial charge in [-0.3, -0.25) is 0 Å². The molecular weight excluding hydrogens is 236 g/mol. The molecule has 1 aromatic carbocycles. The van der Waals surface area contributed by atoms with Gasteiger partial charge >= 0.3 is 0 Å². The van der Waals surface area contributed by atoms with E-state index in [0.717, 1.165) is 25.1 Å². The van der Waals surface area contributed by atoms with E-state index in [1.54, 1.807) is 18.2 Å². The first kappa shape index (κ1) is 13.8. The molecule has 0 amide bonds. The lowest BCUT2D eigenvalue weighted by molar-refractivity contribution is 0.258. The predicted octanol–water partition coefficient (Wildman–Crippen LogP) is 3.03. The Morgan fingerprint density at radius 1 is 1.53 bits per heavy atom. The van der Waals surface area contributed by atoms with Gasteiger partial charge in [0.25, 0.3) is 0 Å². The topological polar surface area (TPSA) is 56.0 Å².